The predicted octanol–water partition coefficient (Wildman–Crippen LogP) is 0.683. The van der Waals surface area contributed by atoms with Crippen LogP contribution in [0.2, 0.25) is 0 Å². The maximum absolute atomic E-state index is 11.2. The van der Waals surface area contributed by atoms with Crippen LogP contribution in [0.1, 0.15) is 20.8 Å². The van der Waals surface area contributed by atoms with Crippen LogP contribution in [0.25, 0.3) is 0 Å². The standard InChI is InChI=1S/C11H24N2OS/c1-9(2)11-7-13(6-5-12-11)10(3)8-15(4)14/h9-12H,5-8H2,1-4H3. The third kappa shape index (κ3) is 4.21. The Balaban J connectivity index is 2.44. The van der Waals surface area contributed by atoms with Crippen molar-refractivity contribution in [2.45, 2.75) is 32.9 Å². The monoisotopic (exact) mass is 232 g/mol. The molecule has 0 radical (unpaired) electrons. The third-order valence-electron chi connectivity index (χ3n) is 3.14. The van der Waals surface area contributed by atoms with E-state index in [1.807, 2.05) is 0 Å². The molecule has 1 heterocycles. The molecular formula is C11H24N2OS. The molecule has 15 heavy (non-hydrogen) atoms. The van der Waals surface area contributed by atoms with E-state index in [0.717, 1.165) is 25.4 Å². The molecule has 1 saturated heterocycles. The number of nitrogens with one attached hydrogen (secondary N) is 1. The summed E-state index contributed by atoms with van der Waals surface area (Å²) in [5, 5.41) is 3.54. The van der Waals surface area contributed by atoms with Gasteiger partial charge in [0.05, 0.1) is 0 Å². The number of hydrogen-bond acceptors (Lipinski definition) is 3. The lowest BCUT2D eigenvalue weighted by Crippen LogP contribution is -2.56. The highest BCUT2D eigenvalue weighted by Crippen LogP contribution is 2.11. The molecule has 4 heteroatoms. The summed E-state index contributed by atoms with van der Waals surface area (Å²) in [6.07, 6.45) is 1.79. The van der Waals surface area contributed by atoms with Gasteiger partial charge in [-0.2, -0.15) is 0 Å². The molecule has 1 fully saturated rings. The Kier molecular flexibility index (Phi) is 5.23. The molecule has 1 N–H and O–H groups in total. The van der Waals surface area contributed by atoms with Crippen molar-refractivity contribution in [3.05, 3.63) is 0 Å². The van der Waals surface area contributed by atoms with E-state index < -0.39 is 10.8 Å². The minimum absolute atomic E-state index is 0.444. The first kappa shape index (κ1) is 13.1. The molecule has 1 rings (SSSR count). The Morgan fingerprint density at radius 3 is 2.67 bits per heavy atom. The van der Waals surface area contributed by atoms with Crippen LogP contribution < -0.4 is 5.32 Å². The lowest BCUT2D eigenvalue weighted by atomic mass is 10.0. The largest absolute Gasteiger partial charge is 0.311 e. The molecule has 0 saturated carbocycles. The second-order valence-electron chi connectivity index (χ2n) is 4.89. The van der Waals surface area contributed by atoms with Gasteiger partial charge in [0.1, 0.15) is 0 Å². The fourth-order valence-electron chi connectivity index (χ4n) is 2.09. The van der Waals surface area contributed by atoms with Gasteiger partial charge >= 0.3 is 0 Å². The normalized spacial score (nSPS) is 27.9. The third-order valence-corrected chi connectivity index (χ3v) is 4.09. The van der Waals surface area contributed by atoms with Crippen LogP contribution >= 0.6 is 0 Å². The van der Waals surface area contributed by atoms with Gasteiger partial charge in [-0.1, -0.05) is 13.8 Å². The van der Waals surface area contributed by atoms with Crippen molar-refractivity contribution >= 4 is 10.8 Å². The minimum atomic E-state index is -0.681. The van der Waals surface area contributed by atoms with E-state index in [2.05, 4.69) is 31.0 Å². The highest BCUT2D eigenvalue weighted by Gasteiger charge is 2.25. The SMILES string of the molecule is CC(C)C1CN(C(C)CS(C)=O)CCN1. The number of piperazine rings is 1. The van der Waals surface area contributed by atoms with Crippen molar-refractivity contribution in [1.82, 2.24) is 10.2 Å². The van der Waals surface area contributed by atoms with Gasteiger partial charge in [0, 0.05) is 54.5 Å². The summed E-state index contributed by atoms with van der Waals surface area (Å²) in [4.78, 5) is 2.46. The van der Waals surface area contributed by atoms with E-state index in [4.69, 9.17) is 0 Å². The van der Waals surface area contributed by atoms with Crippen molar-refractivity contribution in [2.24, 2.45) is 5.92 Å². The van der Waals surface area contributed by atoms with Crippen molar-refractivity contribution in [1.29, 1.82) is 0 Å². The molecule has 1 aliphatic heterocycles. The quantitative estimate of drug-likeness (QED) is 0.774. The van der Waals surface area contributed by atoms with Crippen LogP contribution in [0.3, 0.4) is 0 Å². The van der Waals surface area contributed by atoms with E-state index in [9.17, 15) is 4.21 Å². The molecule has 90 valence electrons. The average Bonchev–Trinajstić information content (AvgIpc) is 2.17. The Morgan fingerprint density at radius 1 is 1.47 bits per heavy atom. The van der Waals surface area contributed by atoms with E-state index in [1.54, 1.807) is 6.26 Å². The van der Waals surface area contributed by atoms with Gasteiger partial charge < -0.3 is 5.32 Å². The summed E-state index contributed by atoms with van der Waals surface area (Å²) in [5.41, 5.74) is 0. The molecule has 3 unspecified atom stereocenters. The molecule has 0 aromatic rings. The minimum Gasteiger partial charge on any atom is -0.311 e. The lowest BCUT2D eigenvalue weighted by molar-refractivity contribution is 0.144. The molecule has 3 nitrogen and oxygen atoms in total. The predicted molar refractivity (Wildman–Crippen MR) is 66.6 cm³/mol. The van der Waals surface area contributed by atoms with Crippen LogP contribution in [0, 0.1) is 5.92 Å². The summed E-state index contributed by atoms with van der Waals surface area (Å²) in [5.74, 6) is 1.47. The molecule has 0 aliphatic carbocycles. The lowest BCUT2D eigenvalue weighted by Gasteiger charge is -2.38. The second-order valence-corrected chi connectivity index (χ2v) is 6.37. The van der Waals surface area contributed by atoms with E-state index in [1.165, 1.54) is 0 Å². The van der Waals surface area contributed by atoms with Crippen LogP contribution in [-0.2, 0) is 10.8 Å². The van der Waals surface area contributed by atoms with Crippen LogP contribution in [0.4, 0.5) is 0 Å². The van der Waals surface area contributed by atoms with E-state index in [0.29, 0.717) is 18.0 Å². The van der Waals surface area contributed by atoms with Gasteiger partial charge in [-0.05, 0) is 12.8 Å². The van der Waals surface area contributed by atoms with Gasteiger partial charge in [-0.3, -0.25) is 9.11 Å². The highest BCUT2D eigenvalue weighted by molar-refractivity contribution is 7.84. The summed E-state index contributed by atoms with van der Waals surface area (Å²) < 4.78 is 11.2. The molecule has 1 aliphatic rings. The summed E-state index contributed by atoms with van der Waals surface area (Å²) in [6, 6.07) is 1.03. The number of hydrogen-bond donors (Lipinski definition) is 1. The van der Waals surface area contributed by atoms with Crippen LogP contribution in [0.5, 0.6) is 0 Å². The van der Waals surface area contributed by atoms with Crippen LogP contribution in [-0.4, -0.2) is 52.8 Å². The maximum atomic E-state index is 11.2. The Morgan fingerprint density at radius 2 is 2.13 bits per heavy atom. The first-order valence-electron chi connectivity index (χ1n) is 5.78. The smallest absolute Gasteiger partial charge is 0.0385 e. The van der Waals surface area contributed by atoms with Crippen molar-refractivity contribution < 1.29 is 4.21 Å². The zero-order chi connectivity index (χ0) is 11.4. The Hall–Kier alpha value is 0.0700. The van der Waals surface area contributed by atoms with Gasteiger partial charge in [-0.15, -0.1) is 0 Å². The summed E-state index contributed by atoms with van der Waals surface area (Å²) in [6.45, 7) is 9.93. The average molecular weight is 232 g/mol. The van der Waals surface area contributed by atoms with E-state index >= 15 is 0 Å². The zero-order valence-corrected chi connectivity index (χ0v) is 11.1. The zero-order valence-electron chi connectivity index (χ0n) is 10.3. The molecule has 0 spiro atoms. The van der Waals surface area contributed by atoms with E-state index in [-0.39, 0.29) is 0 Å². The maximum Gasteiger partial charge on any atom is 0.0385 e. The second kappa shape index (κ2) is 5.97. The first-order chi connectivity index (χ1) is 7.00. The van der Waals surface area contributed by atoms with Gasteiger partial charge in [0.25, 0.3) is 0 Å². The first-order valence-corrected chi connectivity index (χ1v) is 7.51. The van der Waals surface area contributed by atoms with Gasteiger partial charge in [0.15, 0.2) is 0 Å². The van der Waals surface area contributed by atoms with Crippen molar-refractivity contribution in [3.63, 3.8) is 0 Å². The fraction of sp³-hybridized carbons (Fsp3) is 1.00. The molecule has 0 bridgehead atoms. The fourth-order valence-corrected chi connectivity index (χ4v) is 2.98. The van der Waals surface area contributed by atoms with Gasteiger partial charge in [0.2, 0.25) is 0 Å². The summed E-state index contributed by atoms with van der Waals surface area (Å²) in [7, 11) is -0.681. The molecule has 0 aromatic carbocycles. The molecule has 3 atom stereocenters. The Labute approximate surface area is 96.1 Å². The van der Waals surface area contributed by atoms with Crippen LogP contribution in [0.15, 0.2) is 0 Å². The van der Waals surface area contributed by atoms with Crippen molar-refractivity contribution in [2.75, 3.05) is 31.6 Å². The highest BCUT2D eigenvalue weighted by atomic mass is 32.2. The summed E-state index contributed by atoms with van der Waals surface area (Å²) >= 11 is 0. The van der Waals surface area contributed by atoms with Gasteiger partial charge in [-0.25, -0.2) is 0 Å². The molecule has 0 aromatic heterocycles. The topological polar surface area (TPSA) is 32.3 Å². The molecular weight excluding hydrogens is 208 g/mol. The number of rotatable bonds is 4. The Bertz CT molecular complexity index is 221. The number of nitrogens with zero attached hydrogens (tertiary/aromatic N) is 1. The molecule has 0 amide bonds. The van der Waals surface area contributed by atoms with Crippen molar-refractivity contribution in [3.8, 4) is 0 Å².